The zero-order valence-electron chi connectivity index (χ0n) is 11.9. The molecule has 0 aromatic heterocycles. The summed E-state index contributed by atoms with van der Waals surface area (Å²) in [5, 5.41) is 2.03. The van der Waals surface area contributed by atoms with Gasteiger partial charge < -0.3 is 5.32 Å². The third-order valence-electron chi connectivity index (χ3n) is 3.18. The van der Waals surface area contributed by atoms with E-state index in [1.165, 1.54) is 11.8 Å². The highest BCUT2D eigenvalue weighted by Crippen LogP contribution is 2.23. The molecule has 1 fully saturated rings. The van der Waals surface area contributed by atoms with Gasteiger partial charge in [0.05, 0.1) is 0 Å². The second-order valence-corrected chi connectivity index (χ2v) is 6.03. The number of carbonyl (C=O) groups is 3. The summed E-state index contributed by atoms with van der Waals surface area (Å²) in [6.45, 7) is 2.28. The predicted molar refractivity (Wildman–Crippen MR) is 81.3 cm³/mol. The maximum Gasteiger partial charge on any atom is 0.254 e. The van der Waals surface area contributed by atoms with E-state index < -0.39 is 5.37 Å². The maximum atomic E-state index is 12.3. The minimum atomic E-state index is -0.763. The molecule has 112 valence electrons. The molecule has 1 unspecified atom stereocenters. The van der Waals surface area contributed by atoms with Gasteiger partial charge >= 0.3 is 0 Å². The molecular weight excluding hydrogens is 288 g/mol. The van der Waals surface area contributed by atoms with Crippen LogP contribution in [0.2, 0.25) is 0 Å². The first-order valence-electron chi connectivity index (χ1n) is 6.91. The van der Waals surface area contributed by atoms with Crippen molar-refractivity contribution in [3.8, 4) is 0 Å². The molecule has 3 amide bonds. The first-order valence-corrected chi connectivity index (χ1v) is 7.96. The van der Waals surface area contributed by atoms with E-state index in [-0.39, 0.29) is 30.6 Å². The van der Waals surface area contributed by atoms with Crippen LogP contribution in [0.4, 0.5) is 0 Å². The maximum absolute atomic E-state index is 12.3. The van der Waals surface area contributed by atoms with Crippen molar-refractivity contribution in [1.82, 2.24) is 10.2 Å². The molecule has 1 atom stereocenters. The lowest BCUT2D eigenvalue weighted by molar-refractivity contribution is -0.143. The Labute approximate surface area is 128 Å². The van der Waals surface area contributed by atoms with E-state index in [4.69, 9.17) is 0 Å². The lowest BCUT2D eigenvalue weighted by Crippen LogP contribution is -2.47. The molecule has 1 aliphatic heterocycles. The van der Waals surface area contributed by atoms with Gasteiger partial charge in [-0.2, -0.15) is 0 Å². The number of rotatable bonds is 6. The summed E-state index contributed by atoms with van der Waals surface area (Å²) in [6, 6.07) is 9.52. The Morgan fingerprint density at radius 1 is 1.24 bits per heavy atom. The number of nitrogens with zero attached hydrogens (tertiary/aromatic N) is 1. The van der Waals surface area contributed by atoms with Crippen molar-refractivity contribution >= 4 is 29.5 Å². The number of carbonyl (C=O) groups excluding carboxylic acids is 3. The van der Waals surface area contributed by atoms with Gasteiger partial charge in [0, 0.05) is 19.4 Å². The van der Waals surface area contributed by atoms with Crippen molar-refractivity contribution in [1.29, 1.82) is 0 Å². The normalized spacial score (nSPS) is 16.1. The number of imide groups is 1. The number of hydrogen-bond acceptors (Lipinski definition) is 4. The highest BCUT2D eigenvalue weighted by Gasteiger charge is 2.38. The summed E-state index contributed by atoms with van der Waals surface area (Å²) < 4.78 is 0. The summed E-state index contributed by atoms with van der Waals surface area (Å²) >= 11 is 1.30. The van der Waals surface area contributed by atoms with Crippen molar-refractivity contribution in [3.63, 3.8) is 0 Å². The van der Waals surface area contributed by atoms with Gasteiger partial charge in [0.2, 0.25) is 11.8 Å². The Morgan fingerprint density at radius 3 is 2.43 bits per heavy atom. The van der Waals surface area contributed by atoms with Crippen molar-refractivity contribution in [2.24, 2.45) is 0 Å². The van der Waals surface area contributed by atoms with Crippen LogP contribution in [0.25, 0.3) is 0 Å². The van der Waals surface area contributed by atoms with Gasteiger partial charge in [-0.1, -0.05) is 37.3 Å². The molecule has 6 heteroatoms. The van der Waals surface area contributed by atoms with Gasteiger partial charge in [-0.25, -0.2) is 0 Å². The molecule has 0 spiro atoms. The highest BCUT2D eigenvalue weighted by molar-refractivity contribution is 8.00. The SMILES string of the molecule is CCSC(C(=O)NCc1ccccc1)N1C(=O)CCC1=O. The molecule has 1 heterocycles. The molecule has 0 radical (unpaired) electrons. The smallest absolute Gasteiger partial charge is 0.254 e. The molecule has 2 rings (SSSR count). The lowest BCUT2D eigenvalue weighted by Gasteiger charge is -2.24. The zero-order valence-corrected chi connectivity index (χ0v) is 12.7. The highest BCUT2D eigenvalue weighted by atomic mass is 32.2. The minimum Gasteiger partial charge on any atom is -0.349 e. The van der Waals surface area contributed by atoms with Crippen molar-refractivity contribution < 1.29 is 14.4 Å². The third-order valence-corrected chi connectivity index (χ3v) is 4.26. The number of hydrogen-bond donors (Lipinski definition) is 1. The van der Waals surface area contributed by atoms with Crippen LogP contribution >= 0.6 is 11.8 Å². The summed E-state index contributed by atoms with van der Waals surface area (Å²) in [5.74, 6) is -0.170. The monoisotopic (exact) mass is 306 g/mol. The van der Waals surface area contributed by atoms with Crippen molar-refractivity contribution in [3.05, 3.63) is 35.9 Å². The minimum absolute atomic E-state index is 0.200. The van der Waals surface area contributed by atoms with Gasteiger partial charge in [0.15, 0.2) is 5.37 Å². The molecule has 1 aliphatic rings. The van der Waals surface area contributed by atoms with Crippen LogP contribution in [0.15, 0.2) is 30.3 Å². The predicted octanol–water partition coefficient (Wildman–Crippen LogP) is 1.53. The number of amides is 3. The second-order valence-electron chi connectivity index (χ2n) is 4.67. The Hall–Kier alpha value is -1.82. The van der Waals surface area contributed by atoms with E-state index in [0.717, 1.165) is 10.5 Å². The second kappa shape index (κ2) is 7.26. The molecule has 0 saturated carbocycles. The Bertz CT molecular complexity index is 517. The quantitative estimate of drug-likeness (QED) is 0.810. The van der Waals surface area contributed by atoms with E-state index in [0.29, 0.717) is 12.3 Å². The van der Waals surface area contributed by atoms with Gasteiger partial charge in [-0.3, -0.25) is 19.3 Å². The summed E-state index contributed by atoms with van der Waals surface area (Å²) in [6.07, 6.45) is 0.400. The lowest BCUT2D eigenvalue weighted by atomic mass is 10.2. The fraction of sp³-hybridized carbons (Fsp3) is 0.400. The van der Waals surface area contributed by atoms with Crippen LogP contribution in [0.5, 0.6) is 0 Å². The van der Waals surface area contributed by atoms with E-state index in [9.17, 15) is 14.4 Å². The van der Waals surface area contributed by atoms with Gasteiger partial charge in [-0.05, 0) is 11.3 Å². The Kier molecular flexibility index (Phi) is 5.38. The average Bonchev–Trinajstić information content (AvgIpc) is 2.83. The summed E-state index contributed by atoms with van der Waals surface area (Å²) in [4.78, 5) is 37.0. The van der Waals surface area contributed by atoms with Crippen LogP contribution < -0.4 is 5.32 Å². The summed E-state index contributed by atoms with van der Waals surface area (Å²) in [5.41, 5.74) is 0.977. The van der Waals surface area contributed by atoms with Crippen LogP contribution in [-0.4, -0.2) is 33.7 Å². The standard InChI is InChI=1S/C15H18N2O3S/c1-2-21-15(17-12(18)8-9-13(17)19)14(20)16-10-11-6-4-3-5-7-11/h3-7,15H,2,8-10H2,1H3,(H,16,20). The fourth-order valence-electron chi connectivity index (χ4n) is 2.15. The largest absolute Gasteiger partial charge is 0.349 e. The zero-order chi connectivity index (χ0) is 15.2. The fourth-order valence-corrected chi connectivity index (χ4v) is 3.09. The molecular formula is C15H18N2O3S. The molecule has 1 saturated heterocycles. The molecule has 0 aliphatic carbocycles. The topological polar surface area (TPSA) is 66.5 Å². The van der Waals surface area contributed by atoms with E-state index in [1.807, 2.05) is 37.3 Å². The molecule has 1 N–H and O–H groups in total. The number of likely N-dealkylation sites (tertiary alicyclic amines) is 1. The van der Waals surface area contributed by atoms with Crippen LogP contribution in [0, 0.1) is 0 Å². The van der Waals surface area contributed by atoms with E-state index in [2.05, 4.69) is 5.32 Å². The van der Waals surface area contributed by atoms with Gasteiger partial charge in [0.25, 0.3) is 5.91 Å². The first-order chi connectivity index (χ1) is 10.1. The van der Waals surface area contributed by atoms with E-state index >= 15 is 0 Å². The van der Waals surface area contributed by atoms with Crippen molar-refractivity contribution in [2.75, 3.05) is 5.75 Å². The Morgan fingerprint density at radius 2 is 1.86 bits per heavy atom. The number of thioether (sulfide) groups is 1. The third kappa shape index (κ3) is 3.85. The molecule has 1 aromatic carbocycles. The molecule has 0 bridgehead atoms. The molecule has 21 heavy (non-hydrogen) atoms. The van der Waals surface area contributed by atoms with Gasteiger partial charge in [-0.15, -0.1) is 11.8 Å². The first kappa shape index (κ1) is 15.6. The number of benzene rings is 1. The van der Waals surface area contributed by atoms with Gasteiger partial charge in [0.1, 0.15) is 0 Å². The Balaban J connectivity index is 2.02. The van der Waals surface area contributed by atoms with Crippen molar-refractivity contribution in [2.45, 2.75) is 31.7 Å². The van der Waals surface area contributed by atoms with Crippen LogP contribution in [-0.2, 0) is 20.9 Å². The van der Waals surface area contributed by atoms with Crippen LogP contribution in [0.3, 0.4) is 0 Å². The van der Waals surface area contributed by atoms with E-state index in [1.54, 1.807) is 0 Å². The molecule has 1 aromatic rings. The molecule has 5 nitrogen and oxygen atoms in total. The average molecular weight is 306 g/mol. The van der Waals surface area contributed by atoms with Crippen LogP contribution in [0.1, 0.15) is 25.3 Å². The number of nitrogens with one attached hydrogen (secondary N) is 1. The summed E-state index contributed by atoms with van der Waals surface area (Å²) in [7, 11) is 0.